The van der Waals surface area contributed by atoms with Crippen molar-refractivity contribution < 1.29 is 5.11 Å². The third kappa shape index (κ3) is 3.13. The highest BCUT2D eigenvalue weighted by Crippen LogP contribution is 2.32. The second-order valence-electron chi connectivity index (χ2n) is 5.57. The van der Waals surface area contributed by atoms with Crippen LogP contribution in [-0.2, 0) is 0 Å². The lowest BCUT2D eigenvalue weighted by Gasteiger charge is -2.24. The minimum Gasteiger partial charge on any atom is -0.388 e. The molecule has 1 aromatic heterocycles. The summed E-state index contributed by atoms with van der Waals surface area (Å²) in [6.45, 7) is 4.65. The van der Waals surface area contributed by atoms with Crippen molar-refractivity contribution in [2.75, 3.05) is 17.3 Å². The molecule has 19 heavy (non-hydrogen) atoms. The molecule has 0 spiro atoms. The van der Waals surface area contributed by atoms with Crippen LogP contribution in [0.2, 0.25) is 0 Å². The number of nitrogens with one attached hydrogen (secondary N) is 2. The van der Waals surface area contributed by atoms with Gasteiger partial charge in [0.05, 0.1) is 5.60 Å². The molecule has 6 heteroatoms. The number of aliphatic hydroxyl groups is 1. The molecule has 0 atom stereocenters. The summed E-state index contributed by atoms with van der Waals surface area (Å²) in [6, 6.07) is 0. The van der Waals surface area contributed by atoms with E-state index in [2.05, 4.69) is 34.6 Å². The van der Waals surface area contributed by atoms with Gasteiger partial charge in [-0.2, -0.15) is 0 Å². The summed E-state index contributed by atoms with van der Waals surface area (Å²) in [6.07, 6.45) is 5.36. The second kappa shape index (κ2) is 5.71. The van der Waals surface area contributed by atoms with Gasteiger partial charge in [-0.05, 0) is 18.8 Å². The summed E-state index contributed by atoms with van der Waals surface area (Å²) in [7, 11) is 0. The Hall–Kier alpha value is -1.40. The molecule has 2 rings (SSSR count). The molecular formula is C13H23N5O. The van der Waals surface area contributed by atoms with E-state index in [0.717, 1.165) is 37.1 Å². The monoisotopic (exact) mass is 265 g/mol. The molecular weight excluding hydrogens is 242 g/mol. The van der Waals surface area contributed by atoms with Gasteiger partial charge >= 0.3 is 0 Å². The maximum Gasteiger partial charge on any atom is 0.148 e. The molecule has 106 valence electrons. The van der Waals surface area contributed by atoms with Crippen molar-refractivity contribution >= 4 is 11.6 Å². The Morgan fingerprint density at radius 1 is 1.32 bits per heavy atom. The van der Waals surface area contributed by atoms with Crippen molar-refractivity contribution in [3.63, 3.8) is 0 Å². The lowest BCUT2D eigenvalue weighted by molar-refractivity contribution is 0.0613. The zero-order valence-corrected chi connectivity index (χ0v) is 11.6. The third-order valence-corrected chi connectivity index (χ3v) is 3.72. The number of rotatable bonds is 5. The molecule has 1 heterocycles. The highest BCUT2D eigenvalue weighted by atomic mass is 16.3. The molecule has 0 unspecified atom stereocenters. The Labute approximate surface area is 113 Å². The number of aromatic nitrogens is 2. The maximum atomic E-state index is 10.4. The van der Waals surface area contributed by atoms with Crippen LogP contribution in [0.3, 0.4) is 0 Å². The zero-order chi connectivity index (χ0) is 13.9. The molecule has 1 aliphatic rings. The first kappa shape index (κ1) is 14.0. The average molecular weight is 265 g/mol. The Bertz CT molecular complexity index is 429. The van der Waals surface area contributed by atoms with Crippen LogP contribution >= 0.6 is 0 Å². The standard InChI is InChI=1S/C13H23N5O/c1-9(2)10-11(16-8-17-12(10)18-14)15-7-13(19)5-3-4-6-13/h8-9,19H,3-7,14H2,1-2H3,(H2,15,16,17,18). The van der Waals surface area contributed by atoms with Gasteiger partial charge in [0.15, 0.2) is 0 Å². The average Bonchev–Trinajstić information content (AvgIpc) is 2.83. The van der Waals surface area contributed by atoms with Gasteiger partial charge in [-0.1, -0.05) is 26.7 Å². The van der Waals surface area contributed by atoms with Crippen LogP contribution in [-0.4, -0.2) is 27.2 Å². The lowest BCUT2D eigenvalue weighted by Crippen LogP contribution is -2.34. The van der Waals surface area contributed by atoms with Crippen LogP contribution in [0, 0.1) is 0 Å². The topological polar surface area (TPSA) is 96.1 Å². The van der Waals surface area contributed by atoms with Gasteiger partial charge in [-0.15, -0.1) is 0 Å². The number of anilines is 2. The number of hydrogen-bond donors (Lipinski definition) is 4. The number of hydrazine groups is 1. The first-order valence-electron chi connectivity index (χ1n) is 6.83. The van der Waals surface area contributed by atoms with Crippen LogP contribution in [0.1, 0.15) is 51.0 Å². The van der Waals surface area contributed by atoms with E-state index in [1.807, 2.05) is 0 Å². The van der Waals surface area contributed by atoms with Gasteiger partial charge in [0.2, 0.25) is 0 Å². The number of nitrogen functional groups attached to an aromatic ring is 1. The van der Waals surface area contributed by atoms with Gasteiger partial charge in [-0.3, -0.25) is 0 Å². The molecule has 1 fully saturated rings. The molecule has 1 aliphatic carbocycles. The van der Waals surface area contributed by atoms with E-state index < -0.39 is 5.60 Å². The molecule has 1 aromatic rings. The van der Waals surface area contributed by atoms with Crippen molar-refractivity contribution in [1.29, 1.82) is 0 Å². The van der Waals surface area contributed by atoms with E-state index in [0.29, 0.717) is 12.4 Å². The molecule has 5 N–H and O–H groups in total. The van der Waals surface area contributed by atoms with Crippen molar-refractivity contribution in [3.05, 3.63) is 11.9 Å². The number of hydrogen-bond acceptors (Lipinski definition) is 6. The summed E-state index contributed by atoms with van der Waals surface area (Å²) in [4.78, 5) is 8.40. The summed E-state index contributed by atoms with van der Waals surface area (Å²) in [5.41, 5.74) is 2.95. The van der Waals surface area contributed by atoms with Gasteiger partial charge in [-0.25, -0.2) is 15.8 Å². The molecule has 0 radical (unpaired) electrons. The largest absolute Gasteiger partial charge is 0.388 e. The van der Waals surface area contributed by atoms with E-state index >= 15 is 0 Å². The number of nitrogens with zero attached hydrogens (tertiary/aromatic N) is 2. The Morgan fingerprint density at radius 3 is 2.53 bits per heavy atom. The van der Waals surface area contributed by atoms with Crippen LogP contribution in [0.5, 0.6) is 0 Å². The van der Waals surface area contributed by atoms with Crippen LogP contribution in [0.4, 0.5) is 11.6 Å². The van der Waals surface area contributed by atoms with E-state index in [4.69, 9.17) is 5.84 Å². The molecule has 0 saturated heterocycles. The predicted molar refractivity (Wildman–Crippen MR) is 75.8 cm³/mol. The Morgan fingerprint density at radius 2 is 1.95 bits per heavy atom. The lowest BCUT2D eigenvalue weighted by atomic mass is 10.0. The highest BCUT2D eigenvalue weighted by molar-refractivity contribution is 5.58. The molecule has 0 aliphatic heterocycles. The van der Waals surface area contributed by atoms with Crippen LogP contribution in [0.25, 0.3) is 0 Å². The summed E-state index contributed by atoms with van der Waals surface area (Å²) < 4.78 is 0. The van der Waals surface area contributed by atoms with Crippen molar-refractivity contribution in [3.8, 4) is 0 Å². The fraction of sp³-hybridized carbons (Fsp3) is 0.692. The van der Waals surface area contributed by atoms with Gasteiger partial charge in [0.25, 0.3) is 0 Å². The molecule has 1 saturated carbocycles. The summed E-state index contributed by atoms with van der Waals surface area (Å²) in [5.74, 6) is 7.11. The van der Waals surface area contributed by atoms with E-state index in [9.17, 15) is 5.11 Å². The smallest absolute Gasteiger partial charge is 0.148 e. The van der Waals surface area contributed by atoms with Gasteiger partial charge in [0.1, 0.15) is 18.0 Å². The normalized spacial score (nSPS) is 17.7. The predicted octanol–water partition coefficient (Wildman–Crippen LogP) is 1.60. The quantitative estimate of drug-likeness (QED) is 0.477. The first-order valence-corrected chi connectivity index (χ1v) is 6.83. The van der Waals surface area contributed by atoms with E-state index in [1.165, 1.54) is 6.33 Å². The number of nitrogens with two attached hydrogens (primary N) is 1. The summed E-state index contributed by atoms with van der Waals surface area (Å²) in [5, 5.41) is 13.6. The minimum absolute atomic E-state index is 0.243. The molecule has 0 bridgehead atoms. The van der Waals surface area contributed by atoms with E-state index in [1.54, 1.807) is 0 Å². The Balaban J connectivity index is 2.15. The zero-order valence-electron chi connectivity index (χ0n) is 11.6. The van der Waals surface area contributed by atoms with E-state index in [-0.39, 0.29) is 5.92 Å². The van der Waals surface area contributed by atoms with Gasteiger partial charge < -0.3 is 15.8 Å². The third-order valence-electron chi connectivity index (χ3n) is 3.72. The second-order valence-corrected chi connectivity index (χ2v) is 5.57. The maximum absolute atomic E-state index is 10.4. The van der Waals surface area contributed by atoms with Crippen molar-refractivity contribution in [2.45, 2.75) is 51.0 Å². The fourth-order valence-electron chi connectivity index (χ4n) is 2.66. The Kier molecular flexibility index (Phi) is 4.21. The first-order chi connectivity index (χ1) is 9.06. The molecule has 0 amide bonds. The van der Waals surface area contributed by atoms with Crippen molar-refractivity contribution in [2.24, 2.45) is 5.84 Å². The minimum atomic E-state index is -0.602. The molecule has 6 nitrogen and oxygen atoms in total. The SMILES string of the molecule is CC(C)c1c(NN)ncnc1NCC1(O)CCCC1. The van der Waals surface area contributed by atoms with Crippen LogP contribution in [0.15, 0.2) is 6.33 Å². The molecule has 0 aromatic carbocycles. The van der Waals surface area contributed by atoms with Gasteiger partial charge in [0, 0.05) is 12.1 Å². The highest BCUT2D eigenvalue weighted by Gasteiger charge is 2.31. The van der Waals surface area contributed by atoms with Crippen molar-refractivity contribution in [1.82, 2.24) is 9.97 Å². The summed E-state index contributed by atoms with van der Waals surface area (Å²) >= 11 is 0. The fourth-order valence-corrected chi connectivity index (χ4v) is 2.66. The van der Waals surface area contributed by atoms with Crippen LogP contribution < -0.4 is 16.6 Å².